The quantitative estimate of drug-likeness (QED) is 0.807. The van der Waals surface area contributed by atoms with E-state index in [0.717, 1.165) is 0 Å². The van der Waals surface area contributed by atoms with Crippen molar-refractivity contribution in [2.24, 2.45) is 5.92 Å². The van der Waals surface area contributed by atoms with Crippen LogP contribution in [0.25, 0.3) is 0 Å². The molecular formula is C12H18ClN3O2. The minimum absolute atomic E-state index is 0.0629. The third kappa shape index (κ3) is 4.89. The molecule has 2 N–H and O–H groups in total. The van der Waals surface area contributed by atoms with Crippen molar-refractivity contribution in [2.45, 2.75) is 6.92 Å². The Morgan fingerprint density at radius 3 is 2.89 bits per heavy atom. The molecule has 1 rings (SSSR count). The Balaban J connectivity index is 2.42. The van der Waals surface area contributed by atoms with E-state index in [2.05, 4.69) is 10.3 Å². The molecule has 1 aromatic heterocycles. The number of nitrogens with zero attached hydrogens (tertiary/aromatic N) is 2. The predicted molar refractivity (Wildman–Crippen MR) is 71.8 cm³/mol. The van der Waals surface area contributed by atoms with Crippen molar-refractivity contribution in [3.63, 3.8) is 0 Å². The van der Waals surface area contributed by atoms with Gasteiger partial charge in [0.1, 0.15) is 5.82 Å². The average molecular weight is 272 g/mol. The van der Waals surface area contributed by atoms with E-state index in [1.165, 1.54) is 0 Å². The molecule has 0 aliphatic heterocycles. The van der Waals surface area contributed by atoms with Crippen LogP contribution in [0.15, 0.2) is 18.3 Å². The summed E-state index contributed by atoms with van der Waals surface area (Å²) in [6.45, 7) is 2.61. The van der Waals surface area contributed by atoms with Crippen LogP contribution in [0.1, 0.15) is 6.92 Å². The van der Waals surface area contributed by atoms with Crippen LogP contribution < -0.4 is 10.2 Å². The first kappa shape index (κ1) is 14.7. The van der Waals surface area contributed by atoms with E-state index in [4.69, 9.17) is 16.7 Å². The maximum atomic E-state index is 11.6. The SMILES string of the molecule is CC(CO)CNC(=O)CN(C)c1ccc(Cl)cn1. The lowest BCUT2D eigenvalue weighted by molar-refractivity contribution is -0.119. The van der Waals surface area contributed by atoms with Gasteiger partial charge in [-0.2, -0.15) is 0 Å². The highest BCUT2D eigenvalue weighted by atomic mass is 35.5. The number of aromatic nitrogens is 1. The van der Waals surface area contributed by atoms with Gasteiger partial charge in [-0.3, -0.25) is 4.79 Å². The molecule has 1 atom stereocenters. The molecule has 6 heteroatoms. The van der Waals surface area contributed by atoms with Crippen LogP contribution in [0.3, 0.4) is 0 Å². The van der Waals surface area contributed by atoms with Crippen LogP contribution >= 0.6 is 11.6 Å². The number of carbonyl (C=O) groups excluding carboxylic acids is 1. The molecule has 100 valence electrons. The molecule has 1 amide bonds. The van der Waals surface area contributed by atoms with Crippen molar-refractivity contribution >= 4 is 23.3 Å². The summed E-state index contributed by atoms with van der Waals surface area (Å²) in [7, 11) is 1.78. The van der Waals surface area contributed by atoms with Gasteiger partial charge in [0.2, 0.25) is 5.91 Å². The lowest BCUT2D eigenvalue weighted by atomic mass is 10.2. The fourth-order valence-corrected chi connectivity index (χ4v) is 1.41. The monoisotopic (exact) mass is 271 g/mol. The number of amides is 1. The summed E-state index contributed by atoms with van der Waals surface area (Å²) in [5, 5.41) is 12.2. The van der Waals surface area contributed by atoms with E-state index in [1.54, 1.807) is 30.3 Å². The molecule has 1 heterocycles. The lowest BCUT2D eigenvalue weighted by Crippen LogP contribution is -2.37. The summed E-state index contributed by atoms with van der Waals surface area (Å²) in [4.78, 5) is 17.5. The molecule has 1 unspecified atom stereocenters. The predicted octanol–water partition coefficient (Wildman–Crippen LogP) is 0.916. The zero-order chi connectivity index (χ0) is 13.5. The van der Waals surface area contributed by atoms with Crippen LogP contribution in [0.4, 0.5) is 5.82 Å². The highest BCUT2D eigenvalue weighted by Gasteiger charge is 2.09. The van der Waals surface area contributed by atoms with Crippen molar-refractivity contribution in [3.8, 4) is 0 Å². The fraction of sp³-hybridized carbons (Fsp3) is 0.500. The van der Waals surface area contributed by atoms with Gasteiger partial charge in [0.25, 0.3) is 0 Å². The number of halogens is 1. The largest absolute Gasteiger partial charge is 0.396 e. The summed E-state index contributed by atoms with van der Waals surface area (Å²) >= 11 is 5.74. The molecule has 18 heavy (non-hydrogen) atoms. The molecule has 0 spiro atoms. The molecule has 0 saturated carbocycles. The Bertz CT molecular complexity index is 383. The topological polar surface area (TPSA) is 65.5 Å². The minimum atomic E-state index is -0.102. The van der Waals surface area contributed by atoms with E-state index in [9.17, 15) is 4.79 Å². The van der Waals surface area contributed by atoms with E-state index in [1.807, 2.05) is 6.92 Å². The average Bonchev–Trinajstić information content (AvgIpc) is 2.36. The van der Waals surface area contributed by atoms with Gasteiger partial charge in [0.05, 0.1) is 11.6 Å². The Labute approximate surface area is 112 Å². The van der Waals surface area contributed by atoms with E-state index >= 15 is 0 Å². The van der Waals surface area contributed by atoms with Gasteiger partial charge in [0.15, 0.2) is 0 Å². The molecule has 0 aliphatic rings. The van der Waals surface area contributed by atoms with Crippen LogP contribution in [-0.4, -0.2) is 42.7 Å². The number of anilines is 1. The Morgan fingerprint density at radius 2 is 2.33 bits per heavy atom. The van der Waals surface area contributed by atoms with Gasteiger partial charge < -0.3 is 15.3 Å². The summed E-state index contributed by atoms with van der Waals surface area (Å²) in [5.74, 6) is 0.646. The molecule has 0 bridgehead atoms. The first-order chi connectivity index (χ1) is 8.52. The zero-order valence-electron chi connectivity index (χ0n) is 10.6. The zero-order valence-corrected chi connectivity index (χ0v) is 11.3. The number of pyridine rings is 1. The Morgan fingerprint density at radius 1 is 1.61 bits per heavy atom. The molecule has 5 nitrogen and oxygen atoms in total. The number of carbonyl (C=O) groups is 1. The Hall–Kier alpha value is -1.33. The standard InChI is InChI=1S/C12H18ClN3O2/c1-9(8-17)5-15-12(18)7-16(2)11-4-3-10(13)6-14-11/h3-4,6,9,17H,5,7-8H2,1-2H3,(H,15,18). The van der Waals surface area contributed by atoms with Gasteiger partial charge in [-0.15, -0.1) is 0 Å². The maximum Gasteiger partial charge on any atom is 0.239 e. The summed E-state index contributed by atoms with van der Waals surface area (Å²) in [6.07, 6.45) is 1.54. The molecular weight excluding hydrogens is 254 g/mol. The highest BCUT2D eigenvalue weighted by molar-refractivity contribution is 6.30. The summed E-state index contributed by atoms with van der Waals surface area (Å²) < 4.78 is 0. The fourth-order valence-electron chi connectivity index (χ4n) is 1.30. The molecule has 0 saturated heterocycles. The minimum Gasteiger partial charge on any atom is -0.396 e. The second-order valence-corrected chi connectivity index (χ2v) is 4.72. The number of aliphatic hydroxyl groups is 1. The second-order valence-electron chi connectivity index (χ2n) is 4.28. The van der Waals surface area contributed by atoms with Gasteiger partial charge in [-0.05, 0) is 18.1 Å². The normalized spacial score (nSPS) is 12.0. The van der Waals surface area contributed by atoms with Gasteiger partial charge in [-0.25, -0.2) is 4.98 Å². The van der Waals surface area contributed by atoms with Crippen LogP contribution in [0, 0.1) is 5.92 Å². The maximum absolute atomic E-state index is 11.6. The number of aliphatic hydroxyl groups excluding tert-OH is 1. The molecule has 1 aromatic rings. The molecule has 0 aliphatic carbocycles. The summed E-state index contributed by atoms with van der Waals surface area (Å²) in [6, 6.07) is 3.48. The first-order valence-electron chi connectivity index (χ1n) is 5.73. The van der Waals surface area contributed by atoms with E-state index in [-0.39, 0.29) is 25.0 Å². The summed E-state index contributed by atoms with van der Waals surface area (Å²) in [5.41, 5.74) is 0. The van der Waals surface area contributed by atoms with Crippen molar-refractivity contribution in [3.05, 3.63) is 23.4 Å². The number of nitrogens with one attached hydrogen (secondary N) is 1. The third-order valence-corrected chi connectivity index (χ3v) is 2.67. The number of likely N-dealkylation sites (N-methyl/N-ethyl adjacent to an activating group) is 1. The second kappa shape index (κ2) is 7.18. The highest BCUT2D eigenvalue weighted by Crippen LogP contribution is 2.12. The van der Waals surface area contributed by atoms with Gasteiger partial charge >= 0.3 is 0 Å². The van der Waals surface area contributed by atoms with Crippen LogP contribution in [0.5, 0.6) is 0 Å². The van der Waals surface area contributed by atoms with Crippen LogP contribution in [-0.2, 0) is 4.79 Å². The molecule has 0 radical (unpaired) electrons. The third-order valence-electron chi connectivity index (χ3n) is 2.44. The molecule has 0 fully saturated rings. The van der Waals surface area contributed by atoms with Crippen molar-refractivity contribution in [1.29, 1.82) is 0 Å². The number of hydrogen-bond acceptors (Lipinski definition) is 4. The number of hydrogen-bond donors (Lipinski definition) is 2. The van der Waals surface area contributed by atoms with Crippen molar-refractivity contribution < 1.29 is 9.90 Å². The van der Waals surface area contributed by atoms with Crippen LogP contribution in [0.2, 0.25) is 5.02 Å². The number of rotatable bonds is 6. The van der Waals surface area contributed by atoms with E-state index < -0.39 is 0 Å². The van der Waals surface area contributed by atoms with E-state index in [0.29, 0.717) is 17.4 Å². The lowest BCUT2D eigenvalue weighted by Gasteiger charge is -2.18. The van der Waals surface area contributed by atoms with Crippen molar-refractivity contribution in [2.75, 3.05) is 31.6 Å². The van der Waals surface area contributed by atoms with Gasteiger partial charge in [0, 0.05) is 26.4 Å². The Kier molecular flexibility index (Phi) is 5.88. The van der Waals surface area contributed by atoms with Gasteiger partial charge in [-0.1, -0.05) is 18.5 Å². The first-order valence-corrected chi connectivity index (χ1v) is 6.11. The van der Waals surface area contributed by atoms with Crippen molar-refractivity contribution in [1.82, 2.24) is 10.3 Å². The smallest absolute Gasteiger partial charge is 0.239 e. The molecule has 0 aromatic carbocycles.